The largest absolute Gasteiger partial charge is 0.417 e. The molecule has 0 aliphatic carbocycles. The Hall–Kier alpha value is -3.14. The van der Waals surface area contributed by atoms with Crippen molar-refractivity contribution in [2.45, 2.75) is 25.6 Å². The number of aromatic nitrogens is 1. The number of hydrogen-bond acceptors (Lipinski definition) is 6. The lowest BCUT2D eigenvalue weighted by Crippen LogP contribution is -2.41. The number of amides is 1. The molecule has 0 aliphatic heterocycles. The summed E-state index contributed by atoms with van der Waals surface area (Å²) in [5.41, 5.74) is 2.59. The van der Waals surface area contributed by atoms with Crippen molar-refractivity contribution >= 4 is 41.4 Å². The number of hydrogen-bond donors (Lipinski definition) is 3. The minimum absolute atomic E-state index is 0.270. The number of pyridine rings is 1. The molecule has 0 radical (unpaired) electrons. The summed E-state index contributed by atoms with van der Waals surface area (Å²) in [6, 6.07) is 6.65. The predicted octanol–water partition coefficient (Wildman–Crippen LogP) is 4.76. The maximum absolute atomic E-state index is 13.1. The number of nitrogens with zero attached hydrogens (tertiary/aromatic N) is 3. The number of carbonyl (C=O) groups is 1. The third-order valence-electron chi connectivity index (χ3n) is 4.50. The first-order chi connectivity index (χ1) is 14.7. The molecule has 1 aromatic carbocycles. The zero-order valence-corrected chi connectivity index (χ0v) is 17.6. The summed E-state index contributed by atoms with van der Waals surface area (Å²) in [5.74, 6) is -0.0394. The van der Waals surface area contributed by atoms with E-state index in [-0.39, 0.29) is 24.3 Å². The minimum atomic E-state index is -4.45. The number of benzene rings is 1. The van der Waals surface area contributed by atoms with Gasteiger partial charge in [0.05, 0.1) is 23.0 Å². The van der Waals surface area contributed by atoms with Crippen LogP contribution in [0.1, 0.15) is 29.3 Å². The summed E-state index contributed by atoms with van der Waals surface area (Å²) in [6.45, 7) is 2.17. The Morgan fingerprint density at radius 2 is 2.10 bits per heavy atom. The second-order valence-corrected chi connectivity index (χ2v) is 6.97. The van der Waals surface area contributed by atoms with Crippen LogP contribution < -0.4 is 10.7 Å². The molecule has 0 bridgehead atoms. The molecule has 2 aromatic rings. The lowest BCUT2D eigenvalue weighted by Gasteiger charge is -2.28. The van der Waals surface area contributed by atoms with E-state index in [9.17, 15) is 18.0 Å². The number of hydrazone groups is 1. The lowest BCUT2D eigenvalue weighted by atomic mass is 10.1. The first-order valence-electron chi connectivity index (χ1n) is 9.29. The molecule has 0 fully saturated rings. The van der Waals surface area contributed by atoms with Crippen LogP contribution in [0.4, 0.5) is 24.7 Å². The molecule has 0 saturated carbocycles. The fraction of sp³-hybridized carbons (Fsp3) is 0.300. The first-order valence-corrected chi connectivity index (χ1v) is 9.67. The van der Waals surface area contributed by atoms with Crippen molar-refractivity contribution in [3.63, 3.8) is 0 Å². The van der Waals surface area contributed by atoms with Gasteiger partial charge in [-0.15, -0.1) is 0 Å². The summed E-state index contributed by atoms with van der Waals surface area (Å²) in [4.78, 5) is 18.4. The van der Waals surface area contributed by atoms with Crippen LogP contribution in [-0.2, 0) is 6.18 Å². The lowest BCUT2D eigenvalue weighted by molar-refractivity contribution is -0.137. The number of alkyl halides is 3. The number of likely N-dealkylation sites (N-methyl/N-ethyl adjacent to an activating group) is 1. The average molecular weight is 455 g/mol. The minimum Gasteiger partial charge on any atom is -0.368 e. The van der Waals surface area contributed by atoms with Crippen LogP contribution in [0.2, 0.25) is 5.02 Å². The number of carbonyl (C=O) groups excluding carboxylic acids is 1. The Labute approximate surface area is 182 Å². The van der Waals surface area contributed by atoms with Crippen LogP contribution in [0.25, 0.3) is 0 Å². The van der Waals surface area contributed by atoms with Crippen molar-refractivity contribution in [3.8, 4) is 0 Å². The van der Waals surface area contributed by atoms with Crippen molar-refractivity contribution < 1.29 is 18.0 Å². The van der Waals surface area contributed by atoms with Gasteiger partial charge < -0.3 is 15.6 Å². The molecule has 1 heterocycles. The highest BCUT2D eigenvalue weighted by molar-refractivity contribution is 6.31. The predicted molar refractivity (Wildman–Crippen MR) is 116 cm³/mol. The molecule has 2 rings (SSSR count). The second kappa shape index (κ2) is 10.8. The molecule has 7 nitrogen and oxygen atoms in total. The van der Waals surface area contributed by atoms with E-state index in [0.29, 0.717) is 22.7 Å². The molecule has 1 unspecified atom stereocenters. The highest BCUT2D eigenvalue weighted by Gasteiger charge is 2.30. The van der Waals surface area contributed by atoms with Crippen LogP contribution in [0.15, 0.2) is 41.6 Å². The van der Waals surface area contributed by atoms with E-state index in [4.69, 9.17) is 17.0 Å². The standard InChI is InChI=1S/C20H22ClF3N6O/c1-3-15(12-27-18-7-4-13(11-26-18)20(22,23)24)30(2)19(31)16-10-14(21)5-6-17(16)29-28-9-8-25/h4-11,15,25,29H,3,12H2,1-2H3,(H,26,27)/b25-8?,28-9-. The molecule has 0 saturated heterocycles. The molecular formula is C20H22ClF3N6O. The Morgan fingerprint density at radius 1 is 1.35 bits per heavy atom. The highest BCUT2D eigenvalue weighted by Crippen LogP contribution is 2.29. The number of anilines is 2. The van der Waals surface area contributed by atoms with Crippen LogP contribution in [0.3, 0.4) is 0 Å². The number of nitrogens with one attached hydrogen (secondary N) is 3. The smallest absolute Gasteiger partial charge is 0.368 e. The van der Waals surface area contributed by atoms with Crippen LogP contribution in [-0.4, -0.2) is 47.9 Å². The number of halogens is 4. The summed E-state index contributed by atoms with van der Waals surface area (Å²) >= 11 is 6.05. The van der Waals surface area contributed by atoms with Crippen LogP contribution in [0, 0.1) is 5.41 Å². The summed E-state index contributed by atoms with van der Waals surface area (Å²) in [5, 5.41) is 14.1. The molecule has 11 heteroatoms. The summed E-state index contributed by atoms with van der Waals surface area (Å²) < 4.78 is 38.0. The Morgan fingerprint density at radius 3 is 2.68 bits per heavy atom. The maximum atomic E-state index is 13.1. The van der Waals surface area contributed by atoms with E-state index in [1.165, 1.54) is 23.2 Å². The van der Waals surface area contributed by atoms with Crippen molar-refractivity contribution in [2.24, 2.45) is 5.10 Å². The van der Waals surface area contributed by atoms with E-state index < -0.39 is 11.7 Å². The van der Waals surface area contributed by atoms with Gasteiger partial charge in [-0.25, -0.2) is 4.98 Å². The van der Waals surface area contributed by atoms with Gasteiger partial charge in [-0.1, -0.05) is 18.5 Å². The molecule has 0 aliphatic rings. The van der Waals surface area contributed by atoms with Gasteiger partial charge in [0.15, 0.2) is 0 Å². The van der Waals surface area contributed by atoms with Gasteiger partial charge in [0.25, 0.3) is 5.91 Å². The SMILES string of the molecule is CCC(CNc1ccc(C(F)(F)F)cn1)N(C)C(=O)c1cc(Cl)ccc1N/N=C\C=N. The van der Waals surface area contributed by atoms with Gasteiger partial charge in [0, 0.05) is 37.1 Å². The van der Waals surface area contributed by atoms with Gasteiger partial charge >= 0.3 is 6.18 Å². The third-order valence-corrected chi connectivity index (χ3v) is 4.73. The van der Waals surface area contributed by atoms with Gasteiger partial charge in [-0.3, -0.25) is 10.2 Å². The zero-order valence-electron chi connectivity index (χ0n) is 16.9. The van der Waals surface area contributed by atoms with Crippen LogP contribution in [0.5, 0.6) is 0 Å². The zero-order chi connectivity index (χ0) is 23.0. The summed E-state index contributed by atoms with van der Waals surface area (Å²) in [7, 11) is 1.63. The van der Waals surface area contributed by atoms with Crippen molar-refractivity contribution in [2.75, 3.05) is 24.3 Å². The van der Waals surface area contributed by atoms with E-state index in [0.717, 1.165) is 18.5 Å². The van der Waals surface area contributed by atoms with Gasteiger partial charge in [-0.05, 0) is 36.8 Å². The Bertz CT molecular complexity index is 934. The monoisotopic (exact) mass is 454 g/mol. The molecule has 1 atom stereocenters. The number of rotatable bonds is 9. The van der Waals surface area contributed by atoms with Gasteiger partial charge in [-0.2, -0.15) is 18.3 Å². The fourth-order valence-electron chi connectivity index (χ4n) is 2.73. The topological polar surface area (TPSA) is 93.5 Å². The molecule has 1 amide bonds. The average Bonchev–Trinajstić information content (AvgIpc) is 2.74. The third kappa shape index (κ3) is 6.68. The normalized spacial score (nSPS) is 12.5. The van der Waals surface area contributed by atoms with Gasteiger partial charge in [0.2, 0.25) is 0 Å². The Balaban J connectivity index is 2.12. The van der Waals surface area contributed by atoms with Crippen molar-refractivity contribution in [1.29, 1.82) is 5.41 Å². The molecule has 3 N–H and O–H groups in total. The van der Waals surface area contributed by atoms with Gasteiger partial charge in [0.1, 0.15) is 5.82 Å². The van der Waals surface area contributed by atoms with E-state index in [2.05, 4.69) is 20.8 Å². The van der Waals surface area contributed by atoms with E-state index >= 15 is 0 Å². The highest BCUT2D eigenvalue weighted by atomic mass is 35.5. The second-order valence-electron chi connectivity index (χ2n) is 6.54. The molecule has 166 valence electrons. The fourth-order valence-corrected chi connectivity index (χ4v) is 2.91. The first kappa shape index (κ1) is 24.1. The molecule has 31 heavy (non-hydrogen) atoms. The van der Waals surface area contributed by atoms with Crippen LogP contribution >= 0.6 is 11.6 Å². The van der Waals surface area contributed by atoms with Crippen molar-refractivity contribution in [1.82, 2.24) is 9.88 Å². The van der Waals surface area contributed by atoms with E-state index in [1.807, 2.05) is 6.92 Å². The molecular weight excluding hydrogens is 433 g/mol. The Kier molecular flexibility index (Phi) is 8.38. The summed E-state index contributed by atoms with van der Waals surface area (Å²) in [6.07, 6.45) is -0.884. The molecule has 1 aromatic heterocycles. The quantitative estimate of drug-likeness (QED) is 0.376. The van der Waals surface area contributed by atoms with Crippen molar-refractivity contribution in [3.05, 3.63) is 52.7 Å². The maximum Gasteiger partial charge on any atom is 0.417 e. The van der Waals surface area contributed by atoms with E-state index in [1.54, 1.807) is 19.2 Å². The molecule has 0 spiro atoms.